The molecule has 0 unspecified atom stereocenters. The molecule has 0 saturated carbocycles. The van der Waals surface area contributed by atoms with Gasteiger partial charge in [0, 0.05) is 44.1 Å². The predicted octanol–water partition coefficient (Wildman–Crippen LogP) is -8.42. The van der Waals surface area contributed by atoms with Crippen molar-refractivity contribution < 1.29 is 4.42 Å². The van der Waals surface area contributed by atoms with Gasteiger partial charge in [-0.2, -0.15) is 9.97 Å². The fraction of sp³-hybridized carbons (Fsp3) is 0.0612. The molecular weight excluding hydrogens is 858 g/mol. The van der Waals surface area contributed by atoms with Gasteiger partial charge in [-0.3, -0.25) is 4.57 Å². The maximum atomic E-state index is 7.41. The van der Waals surface area contributed by atoms with E-state index in [9.17, 15) is 0 Å². The summed E-state index contributed by atoms with van der Waals surface area (Å²) in [4.78, 5) is 19.4. The SMILES string of the molecule is [B]c1c([B])c([B])c(-c2nc(-c3c([B])c([B])c([B])c([B])c3[B])nc(-n3c4c([B])c([B])c([B])c([B])c4c4c([B])c(-c5ccc6c(c5)-c5c(ccc7nc(-c8ccccc8)oc57)C6(C)C)c([B])c([B])c43)n2)c([B])c1[B]. The van der Waals surface area contributed by atoms with Crippen molar-refractivity contribution in [2.75, 3.05) is 0 Å². The second-order valence-electron chi connectivity index (χ2n) is 18.3. The average molecular weight is 875 g/mol. The van der Waals surface area contributed by atoms with Crippen molar-refractivity contribution in [2.24, 2.45) is 0 Å². The van der Waals surface area contributed by atoms with E-state index in [4.69, 9.17) is 158 Å². The number of hydrogen-bond acceptors (Lipinski definition) is 5. The lowest BCUT2D eigenvalue weighted by Crippen LogP contribution is -2.55. The van der Waals surface area contributed by atoms with E-state index >= 15 is 0 Å². The van der Waals surface area contributed by atoms with Gasteiger partial charge in [0.05, 0.1) is 0 Å². The molecule has 0 N–H and O–H groups in total. The average Bonchev–Trinajstić information content (AvgIpc) is 4.04. The highest BCUT2D eigenvalue weighted by atomic mass is 16.3. The van der Waals surface area contributed by atoms with Crippen molar-refractivity contribution in [3.8, 4) is 62.4 Å². The third-order valence-electron chi connectivity index (χ3n) is 14.1. The van der Waals surface area contributed by atoms with Gasteiger partial charge < -0.3 is 4.42 Å². The zero-order chi connectivity index (χ0) is 51.5. The van der Waals surface area contributed by atoms with Gasteiger partial charge in [0.2, 0.25) is 11.8 Å². The van der Waals surface area contributed by atoms with Crippen LogP contribution < -0.4 is 92.9 Å². The summed E-state index contributed by atoms with van der Waals surface area (Å²) in [6.45, 7) is 4.31. The van der Waals surface area contributed by atoms with Crippen LogP contribution in [-0.2, 0) is 5.41 Å². The van der Waals surface area contributed by atoms with Crippen LogP contribution in [0.1, 0.15) is 25.0 Å². The largest absolute Gasteiger partial charge is 0.435 e. The molecule has 3 aromatic heterocycles. The van der Waals surface area contributed by atoms with E-state index in [1.165, 1.54) is 4.57 Å². The molecule has 34 radical (unpaired) electrons. The Kier molecular flexibility index (Phi) is 11.2. The molecule has 0 fully saturated rings. The molecule has 294 valence electrons. The third kappa shape index (κ3) is 6.59. The monoisotopic (exact) mass is 877 g/mol. The van der Waals surface area contributed by atoms with E-state index < -0.39 is 5.41 Å². The Morgan fingerprint density at radius 2 is 0.861 bits per heavy atom. The lowest BCUT2D eigenvalue weighted by atomic mass is 9.60. The van der Waals surface area contributed by atoms with Gasteiger partial charge in [-0.15, -0.1) is 43.7 Å². The van der Waals surface area contributed by atoms with Crippen molar-refractivity contribution in [3.63, 3.8) is 0 Å². The summed E-state index contributed by atoms with van der Waals surface area (Å²) in [7, 11) is 113. The molecule has 7 aromatic carbocycles. The number of nitrogens with zero attached hydrogens (tertiary/aromatic N) is 5. The molecule has 3 heterocycles. The number of benzene rings is 7. The van der Waals surface area contributed by atoms with Gasteiger partial charge >= 0.3 is 0 Å². The Bertz CT molecular complexity index is 3970. The Hall–Kier alpha value is -6.08. The summed E-state index contributed by atoms with van der Waals surface area (Å²) in [5.74, 6) is -0.168. The third-order valence-corrected chi connectivity index (χ3v) is 14.1. The molecule has 11 rings (SSSR count). The quantitative estimate of drug-likeness (QED) is 0.161. The molecule has 0 saturated heterocycles. The molecule has 23 heteroatoms. The molecule has 1 aliphatic carbocycles. The van der Waals surface area contributed by atoms with E-state index in [0.717, 1.165) is 27.8 Å². The summed E-state index contributed by atoms with van der Waals surface area (Å²) in [6, 6.07) is 19.7. The van der Waals surface area contributed by atoms with Crippen LogP contribution in [0, 0.1) is 0 Å². The second kappa shape index (κ2) is 16.7. The van der Waals surface area contributed by atoms with Crippen LogP contribution in [-0.4, -0.2) is 158 Å². The number of hydrogen-bond donors (Lipinski definition) is 0. The zero-order valence-electron chi connectivity index (χ0n) is 38.7. The van der Waals surface area contributed by atoms with Crippen LogP contribution in [0.4, 0.5) is 0 Å². The number of oxazole rings is 1. The molecule has 6 nitrogen and oxygen atoms in total. The molecule has 0 spiro atoms. The number of fused-ring (bicyclic) bond motifs is 8. The van der Waals surface area contributed by atoms with Crippen molar-refractivity contribution in [3.05, 3.63) is 71.8 Å². The highest BCUT2D eigenvalue weighted by Crippen LogP contribution is 2.52. The van der Waals surface area contributed by atoms with Crippen LogP contribution in [0.15, 0.2) is 65.1 Å². The molecule has 72 heavy (non-hydrogen) atoms. The Morgan fingerprint density at radius 3 is 1.42 bits per heavy atom. The van der Waals surface area contributed by atoms with Crippen LogP contribution in [0.2, 0.25) is 0 Å². The normalized spacial score (nSPS) is 12.8. The molecule has 0 aliphatic heterocycles. The van der Waals surface area contributed by atoms with Gasteiger partial charge in [-0.05, 0) is 57.5 Å². The zero-order valence-corrected chi connectivity index (χ0v) is 38.7. The highest BCUT2D eigenvalue weighted by Gasteiger charge is 2.38. The molecule has 0 atom stereocenters. The van der Waals surface area contributed by atoms with Gasteiger partial charge in [0.1, 0.15) is 139 Å². The van der Waals surface area contributed by atoms with Crippen LogP contribution in [0.5, 0.6) is 0 Å². The first kappa shape index (κ1) is 48.2. The smallest absolute Gasteiger partial charge is 0.238 e. The predicted molar refractivity (Wildman–Crippen MR) is 313 cm³/mol. The first-order valence-corrected chi connectivity index (χ1v) is 22.1. The molecule has 10 aromatic rings. The fourth-order valence-corrected chi connectivity index (χ4v) is 10.2. The highest BCUT2D eigenvalue weighted by molar-refractivity contribution is 6.71. The standard InChI is InChI=1S/C49H16B17N5O/c1-49(2)16-9-8-14(12-15(16)20-17(49)10-11-18-44(20)72-47(67-18)13-6-4-3-5-7-13)19-25(50)21-22-27(52)32(57)39(64)41(66)43(22)71(42(21)40(65)26(19)51)48-69-45(23-28(53)33(58)37(62)34(59)29(23)54)68-46(70-48)24-30(55)35(60)38(63)36(61)31(24)56/h3-12H,1-2H3. The molecule has 0 amide bonds. The Balaban J connectivity index is 1.23. The Morgan fingerprint density at radius 1 is 0.403 bits per heavy atom. The van der Waals surface area contributed by atoms with Crippen molar-refractivity contribution in [1.82, 2.24) is 24.5 Å². The van der Waals surface area contributed by atoms with Crippen molar-refractivity contribution in [2.45, 2.75) is 19.3 Å². The lowest BCUT2D eigenvalue weighted by molar-refractivity contribution is 0.618. The van der Waals surface area contributed by atoms with Crippen molar-refractivity contribution in [1.29, 1.82) is 0 Å². The first-order chi connectivity index (χ1) is 34.1. The van der Waals surface area contributed by atoms with Gasteiger partial charge in [-0.25, -0.2) is 9.97 Å². The second-order valence-corrected chi connectivity index (χ2v) is 18.3. The molecular formula is C49H16B17N5O. The number of rotatable bonds is 5. The maximum absolute atomic E-state index is 7.41. The van der Waals surface area contributed by atoms with E-state index in [1.54, 1.807) is 0 Å². The van der Waals surface area contributed by atoms with E-state index in [1.807, 2.05) is 54.6 Å². The van der Waals surface area contributed by atoms with Crippen LogP contribution in [0.25, 0.3) is 95.3 Å². The summed E-state index contributed by atoms with van der Waals surface area (Å²) in [6.07, 6.45) is 0. The van der Waals surface area contributed by atoms with E-state index in [-0.39, 0.29) is 143 Å². The fourth-order valence-electron chi connectivity index (χ4n) is 10.2. The Labute approximate surface area is 439 Å². The van der Waals surface area contributed by atoms with Crippen LogP contribution >= 0.6 is 0 Å². The lowest BCUT2D eigenvalue weighted by Gasteiger charge is -2.23. The summed E-state index contributed by atoms with van der Waals surface area (Å²) >= 11 is 0. The number of aromatic nitrogens is 5. The van der Waals surface area contributed by atoms with Gasteiger partial charge in [0.25, 0.3) is 0 Å². The maximum Gasteiger partial charge on any atom is 0.238 e. The molecule has 1 aliphatic rings. The molecule has 0 bridgehead atoms. The van der Waals surface area contributed by atoms with Crippen molar-refractivity contribution >= 4 is 259 Å². The minimum absolute atomic E-state index is 0.00322. The minimum atomic E-state index is -0.436. The summed E-state index contributed by atoms with van der Waals surface area (Å²) in [5.41, 5.74) is 5.72. The van der Waals surface area contributed by atoms with E-state index in [0.29, 0.717) is 28.1 Å². The topological polar surface area (TPSA) is 69.6 Å². The minimum Gasteiger partial charge on any atom is -0.435 e. The first-order valence-electron chi connectivity index (χ1n) is 22.1. The summed E-state index contributed by atoms with van der Waals surface area (Å²) < 4.78 is 8.03. The van der Waals surface area contributed by atoms with Gasteiger partial charge in [0.15, 0.2) is 17.2 Å². The van der Waals surface area contributed by atoms with Crippen LogP contribution in [0.3, 0.4) is 0 Å². The van der Waals surface area contributed by atoms with E-state index in [2.05, 4.69) is 19.9 Å². The summed E-state index contributed by atoms with van der Waals surface area (Å²) in [5, 5.41) is 0.491. The van der Waals surface area contributed by atoms with Gasteiger partial charge in [-0.1, -0.05) is 99.4 Å².